The second kappa shape index (κ2) is 5.05. The smallest absolute Gasteiger partial charge is 0.141 e. The highest BCUT2D eigenvalue weighted by molar-refractivity contribution is 5.24. The van der Waals surface area contributed by atoms with Gasteiger partial charge in [-0.1, -0.05) is 6.92 Å². The number of nitrogens with zero attached hydrogens (tertiary/aromatic N) is 3. The third-order valence-corrected chi connectivity index (χ3v) is 2.62. The van der Waals surface area contributed by atoms with E-state index in [2.05, 4.69) is 15.3 Å². The molecule has 1 unspecified atom stereocenters. The van der Waals surface area contributed by atoms with Crippen molar-refractivity contribution in [2.45, 2.75) is 13.0 Å². The molecule has 5 heteroatoms. The van der Waals surface area contributed by atoms with Crippen LogP contribution in [0.2, 0.25) is 0 Å². The molecule has 0 aliphatic heterocycles. The van der Waals surface area contributed by atoms with Crippen molar-refractivity contribution >= 4 is 0 Å². The normalized spacial score (nSPS) is 12.6. The Morgan fingerprint density at radius 3 is 2.76 bits per heavy atom. The number of aromatic nitrogens is 3. The molecule has 0 fully saturated rings. The Kier molecular flexibility index (Phi) is 3.49. The number of rotatable bonds is 4. The summed E-state index contributed by atoms with van der Waals surface area (Å²) in [5.41, 5.74) is 1.79. The fourth-order valence-corrected chi connectivity index (χ4v) is 1.83. The van der Waals surface area contributed by atoms with Crippen molar-refractivity contribution in [3.63, 3.8) is 0 Å². The van der Waals surface area contributed by atoms with Crippen LogP contribution in [-0.4, -0.2) is 21.1 Å². The minimum atomic E-state index is -0.326. The van der Waals surface area contributed by atoms with Gasteiger partial charge >= 0.3 is 0 Å². The second-order valence-corrected chi connectivity index (χ2v) is 3.86. The van der Waals surface area contributed by atoms with Gasteiger partial charge in [-0.25, -0.2) is 9.37 Å². The molecule has 2 aromatic rings. The highest BCUT2D eigenvalue weighted by atomic mass is 19.1. The Balaban J connectivity index is 2.39. The number of nitrogens with one attached hydrogen (secondary N) is 1. The van der Waals surface area contributed by atoms with E-state index >= 15 is 0 Å². The first kappa shape index (κ1) is 11.7. The van der Waals surface area contributed by atoms with Crippen molar-refractivity contribution < 1.29 is 4.39 Å². The lowest BCUT2D eigenvalue weighted by Gasteiger charge is -2.18. The molecule has 0 bridgehead atoms. The summed E-state index contributed by atoms with van der Waals surface area (Å²) >= 11 is 0. The molecular formula is C12H15FN4. The van der Waals surface area contributed by atoms with Crippen LogP contribution in [0.15, 0.2) is 31.0 Å². The van der Waals surface area contributed by atoms with Crippen molar-refractivity contribution in [2.24, 2.45) is 7.05 Å². The van der Waals surface area contributed by atoms with Crippen LogP contribution in [0.25, 0.3) is 0 Å². The molecule has 0 amide bonds. The van der Waals surface area contributed by atoms with Crippen LogP contribution in [0, 0.1) is 5.82 Å². The summed E-state index contributed by atoms with van der Waals surface area (Å²) in [6.45, 7) is 2.79. The number of aryl methyl sites for hydroxylation is 1. The van der Waals surface area contributed by atoms with Gasteiger partial charge in [0.15, 0.2) is 0 Å². The van der Waals surface area contributed by atoms with Gasteiger partial charge in [0.1, 0.15) is 5.82 Å². The first-order chi connectivity index (χ1) is 8.22. The highest BCUT2D eigenvalue weighted by Crippen LogP contribution is 2.20. The van der Waals surface area contributed by atoms with E-state index in [1.165, 1.54) is 12.3 Å². The average Bonchev–Trinajstić information content (AvgIpc) is 2.72. The van der Waals surface area contributed by atoms with E-state index in [4.69, 9.17) is 0 Å². The Morgan fingerprint density at radius 1 is 1.35 bits per heavy atom. The molecule has 1 N–H and O–H groups in total. The third kappa shape index (κ3) is 2.50. The quantitative estimate of drug-likeness (QED) is 0.874. The van der Waals surface area contributed by atoms with E-state index in [-0.39, 0.29) is 11.9 Å². The maximum atomic E-state index is 13.2. The second-order valence-electron chi connectivity index (χ2n) is 3.86. The summed E-state index contributed by atoms with van der Waals surface area (Å²) in [5.74, 6) is -0.326. The van der Waals surface area contributed by atoms with E-state index < -0.39 is 0 Å². The van der Waals surface area contributed by atoms with Gasteiger partial charge < -0.3 is 9.88 Å². The van der Waals surface area contributed by atoms with Crippen LogP contribution in [0.1, 0.15) is 24.2 Å². The van der Waals surface area contributed by atoms with Crippen molar-refractivity contribution in [3.05, 3.63) is 48.1 Å². The SMILES string of the molecule is CCNC(c1cncc(F)c1)c1cncn1C. The fraction of sp³-hybridized carbons (Fsp3) is 0.333. The van der Waals surface area contributed by atoms with Gasteiger partial charge in [0.2, 0.25) is 0 Å². The summed E-state index contributed by atoms with van der Waals surface area (Å²) in [4.78, 5) is 7.96. The molecule has 0 radical (unpaired) electrons. The Bertz CT molecular complexity index is 495. The Morgan fingerprint density at radius 2 is 2.18 bits per heavy atom. The van der Waals surface area contributed by atoms with E-state index in [1.807, 2.05) is 18.5 Å². The lowest BCUT2D eigenvalue weighted by Crippen LogP contribution is -2.24. The summed E-state index contributed by atoms with van der Waals surface area (Å²) in [6.07, 6.45) is 6.38. The standard InChI is InChI=1S/C12H15FN4/c1-3-16-12(11-7-15-8-17(11)2)9-4-10(13)6-14-5-9/h4-8,12,16H,3H2,1-2H3. The van der Waals surface area contributed by atoms with Crippen molar-refractivity contribution in [2.75, 3.05) is 6.54 Å². The Hall–Kier alpha value is -1.75. The molecule has 2 aromatic heterocycles. The monoisotopic (exact) mass is 234 g/mol. The molecule has 0 aliphatic rings. The lowest BCUT2D eigenvalue weighted by molar-refractivity contribution is 0.576. The van der Waals surface area contributed by atoms with E-state index in [9.17, 15) is 4.39 Å². The van der Waals surface area contributed by atoms with Crippen LogP contribution in [0.5, 0.6) is 0 Å². The topological polar surface area (TPSA) is 42.7 Å². The molecule has 0 aliphatic carbocycles. The number of hydrogen-bond acceptors (Lipinski definition) is 3. The number of pyridine rings is 1. The molecule has 0 saturated heterocycles. The first-order valence-corrected chi connectivity index (χ1v) is 5.52. The summed E-state index contributed by atoms with van der Waals surface area (Å²) in [7, 11) is 1.92. The molecule has 2 heterocycles. The van der Waals surface area contributed by atoms with Crippen molar-refractivity contribution in [3.8, 4) is 0 Å². The highest BCUT2D eigenvalue weighted by Gasteiger charge is 2.16. The lowest BCUT2D eigenvalue weighted by atomic mass is 10.1. The zero-order valence-electron chi connectivity index (χ0n) is 9.89. The fourth-order valence-electron chi connectivity index (χ4n) is 1.83. The molecular weight excluding hydrogens is 219 g/mol. The zero-order valence-corrected chi connectivity index (χ0v) is 9.89. The minimum Gasteiger partial charge on any atom is -0.336 e. The van der Waals surface area contributed by atoms with Crippen molar-refractivity contribution in [1.29, 1.82) is 0 Å². The van der Waals surface area contributed by atoms with Gasteiger partial charge in [-0.05, 0) is 18.2 Å². The molecule has 4 nitrogen and oxygen atoms in total. The third-order valence-electron chi connectivity index (χ3n) is 2.62. The average molecular weight is 234 g/mol. The summed E-state index contributed by atoms with van der Waals surface area (Å²) in [5, 5.41) is 3.30. The molecule has 2 rings (SSSR count). The van der Waals surface area contributed by atoms with Crippen LogP contribution < -0.4 is 5.32 Å². The largest absolute Gasteiger partial charge is 0.336 e. The maximum Gasteiger partial charge on any atom is 0.141 e. The minimum absolute atomic E-state index is 0.0873. The van der Waals surface area contributed by atoms with Gasteiger partial charge in [-0.15, -0.1) is 0 Å². The maximum absolute atomic E-state index is 13.2. The molecule has 1 atom stereocenters. The van der Waals surface area contributed by atoms with Gasteiger partial charge in [0.05, 0.1) is 30.5 Å². The predicted octanol–water partition coefficient (Wildman–Crippen LogP) is 1.65. The number of halogens is 1. The molecule has 0 saturated carbocycles. The van der Waals surface area contributed by atoms with E-state index in [0.717, 1.165) is 17.8 Å². The van der Waals surface area contributed by atoms with Crippen LogP contribution in [-0.2, 0) is 7.05 Å². The molecule has 90 valence electrons. The van der Waals surface area contributed by atoms with Gasteiger partial charge in [-0.3, -0.25) is 4.98 Å². The first-order valence-electron chi connectivity index (χ1n) is 5.52. The number of hydrogen-bond donors (Lipinski definition) is 1. The Labute approximate surface area is 99.5 Å². The van der Waals surface area contributed by atoms with Crippen LogP contribution >= 0.6 is 0 Å². The summed E-state index contributed by atoms with van der Waals surface area (Å²) < 4.78 is 15.1. The molecule has 17 heavy (non-hydrogen) atoms. The zero-order chi connectivity index (χ0) is 12.3. The summed E-state index contributed by atoms with van der Waals surface area (Å²) in [6, 6.07) is 1.41. The number of imidazole rings is 1. The molecule has 0 spiro atoms. The van der Waals surface area contributed by atoms with Crippen LogP contribution in [0.4, 0.5) is 4.39 Å². The van der Waals surface area contributed by atoms with Crippen molar-refractivity contribution in [1.82, 2.24) is 19.9 Å². The van der Waals surface area contributed by atoms with Gasteiger partial charge in [-0.2, -0.15) is 0 Å². The van der Waals surface area contributed by atoms with E-state index in [0.29, 0.717) is 0 Å². The van der Waals surface area contributed by atoms with Crippen LogP contribution in [0.3, 0.4) is 0 Å². The van der Waals surface area contributed by atoms with Gasteiger partial charge in [0, 0.05) is 13.2 Å². The van der Waals surface area contributed by atoms with Gasteiger partial charge in [0.25, 0.3) is 0 Å². The molecule has 0 aromatic carbocycles. The van der Waals surface area contributed by atoms with E-state index in [1.54, 1.807) is 18.7 Å². The predicted molar refractivity (Wildman–Crippen MR) is 62.9 cm³/mol.